The third-order valence-electron chi connectivity index (χ3n) is 8.73. The summed E-state index contributed by atoms with van der Waals surface area (Å²) in [5, 5.41) is 66.2. The van der Waals surface area contributed by atoms with Crippen molar-refractivity contribution in [1.82, 2.24) is 4.98 Å². The third-order valence-corrected chi connectivity index (χ3v) is 8.73. The number of fused-ring (bicyclic) bond motifs is 4. The zero-order valence-electron chi connectivity index (χ0n) is 23.4. The molecule has 1 aromatic heterocycles. The van der Waals surface area contributed by atoms with Gasteiger partial charge in [0.15, 0.2) is 5.78 Å². The number of phenols is 1. The number of aliphatic hydroxyl groups excluding tert-OH is 5. The second-order valence-electron chi connectivity index (χ2n) is 11.6. The number of hydrogen-bond acceptors (Lipinski definition) is 12. The van der Waals surface area contributed by atoms with Crippen LogP contribution in [-0.4, -0.2) is 97.2 Å². The van der Waals surface area contributed by atoms with Crippen LogP contribution in [0.2, 0.25) is 0 Å². The number of benzene rings is 2. The first-order valence-corrected chi connectivity index (χ1v) is 14.4. The van der Waals surface area contributed by atoms with Crippen LogP contribution in [0.25, 0.3) is 10.8 Å². The van der Waals surface area contributed by atoms with Gasteiger partial charge in [0.05, 0.1) is 23.8 Å². The molecule has 3 aliphatic rings. The van der Waals surface area contributed by atoms with Gasteiger partial charge >= 0.3 is 0 Å². The lowest BCUT2D eigenvalue weighted by molar-refractivity contribution is -0.277. The van der Waals surface area contributed by atoms with Crippen molar-refractivity contribution in [2.45, 2.75) is 69.4 Å². The van der Waals surface area contributed by atoms with Crippen LogP contribution in [0.15, 0.2) is 30.5 Å². The molecule has 6 rings (SSSR count). The highest BCUT2D eigenvalue weighted by Crippen LogP contribution is 2.43. The van der Waals surface area contributed by atoms with Crippen LogP contribution in [0, 0.1) is 12.8 Å². The molecule has 6 atom stereocenters. The number of nitrogens with one attached hydrogen (secondary N) is 1. The van der Waals surface area contributed by atoms with E-state index in [9.17, 15) is 40.2 Å². The van der Waals surface area contributed by atoms with Crippen molar-refractivity contribution in [3.8, 4) is 11.5 Å². The maximum atomic E-state index is 14.0. The Hall–Kier alpha value is -3.65. The summed E-state index contributed by atoms with van der Waals surface area (Å²) in [4.78, 5) is 32.4. The first-order valence-electron chi connectivity index (χ1n) is 14.4. The molecule has 3 aromatic rings. The number of pyridine rings is 1. The van der Waals surface area contributed by atoms with E-state index in [1.807, 2.05) is 0 Å². The highest BCUT2D eigenvalue weighted by Gasteiger charge is 2.46. The Labute approximate surface area is 246 Å². The van der Waals surface area contributed by atoms with Crippen molar-refractivity contribution >= 4 is 28.2 Å². The number of ether oxygens (including phenoxy) is 2. The number of aromatic hydroxyl groups is 1. The Morgan fingerprint density at radius 2 is 1.74 bits per heavy atom. The van der Waals surface area contributed by atoms with Crippen molar-refractivity contribution in [2.75, 3.05) is 18.5 Å². The van der Waals surface area contributed by atoms with Gasteiger partial charge in [0.1, 0.15) is 41.7 Å². The van der Waals surface area contributed by atoms with E-state index in [-0.39, 0.29) is 46.2 Å². The van der Waals surface area contributed by atoms with Crippen LogP contribution in [0.4, 0.5) is 5.82 Å². The van der Waals surface area contributed by atoms with Gasteiger partial charge in [-0.15, -0.1) is 0 Å². The lowest BCUT2D eigenvalue weighted by Gasteiger charge is -2.40. The number of hydrogen-bond donors (Lipinski definition) is 7. The summed E-state index contributed by atoms with van der Waals surface area (Å²) in [5.74, 6) is -1.36. The minimum atomic E-state index is -1.78. The fraction of sp³-hybridized carbons (Fsp3) is 0.452. The number of aryl methyl sites for hydroxylation is 1. The fourth-order valence-electron chi connectivity index (χ4n) is 6.44. The monoisotopic (exact) mass is 594 g/mol. The van der Waals surface area contributed by atoms with Crippen LogP contribution in [0.1, 0.15) is 63.1 Å². The van der Waals surface area contributed by atoms with E-state index in [4.69, 9.17) is 9.47 Å². The summed E-state index contributed by atoms with van der Waals surface area (Å²) in [7, 11) is 0. The molecule has 2 aromatic carbocycles. The van der Waals surface area contributed by atoms with Crippen molar-refractivity contribution in [3.63, 3.8) is 0 Å². The van der Waals surface area contributed by atoms with Crippen LogP contribution < -0.4 is 10.1 Å². The molecule has 12 nitrogen and oxygen atoms in total. The summed E-state index contributed by atoms with van der Waals surface area (Å²) in [6.45, 7) is 1.19. The highest BCUT2D eigenvalue weighted by molar-refractivity contribution is 6.34. The molecule has 228 valence electrons. The predicted octanol–water partition coefficient (Wildman–Crippen LogP) is 1.17. The molecular formula is C31H34N2O10. The molecule has 1 saturated heterocycles. The minimum Gasteiger partial charge on any atom is -0.507 e. The van der Waals surface area contributed by atoms with E-state index in [0.29, 0.717) is 22.2 Å². The second kappa shape index (κ2) is 11.5. The molecule has 2 fully saturated rings. The van der Waals surface area contributed by atoms with Gasteiger partial charge in [-0.2, -0.15) is 0 Å². The maximum Gasteiger partial charge on any atom is 0.229 e. The molecule has 0 bridgehead atoms. The van der Waals surface area contributed by atoms with Gasteiger partial charge in [-0.05, 0) is 60.9 Å². The number of carbonyl (C=O) groups is 2. The fourth-order valence-corrected chi connectivity index (χ4v) is 6.44. The number of rotatable bonds is 7. The number of nitrogens with zero attached hydrogens (tertiary/aromatic N) is 1. The summed E-state index contributed by atoms with van der Waals surface area (Å²) >= 11 is 0. The van der Waals surface area contributed by atoms with Crippen molar-refractivity contribution in [2.24, 2.45) is 5.92 Å². The number of aromatic nitrogens is 1. The maximum absolute atomic E-state index is 14.0. The number of anilines is 1. The Bertz CT molecular complexity index is 1580. The summed E-state index contributed by atoms with van der Waals surface area (Å²) in [6, 6.07) is 5.91. The quantitative estimate of drug-likeness (QED) is 0.161. The Morgan fingerprint density at radius 1 is 1.00 bits per heavy atom. The molecule has 1 saturated carbocycles. The molecule has 2 aliphatic carbocycles. The number of aliphatic hydroxyl groups is 5. The van der Waals surface area contributed by atoms with Gasteiger partial charge in [0.2, 0.25) is 12.1 Å². The highest BCUT2D eigenvalue weighted by atomic mass is 16.7. The molecule has 2 heterocycles. The Morgan fingerprint density at radius 3 is 2.47 bits per heavy atom. The molecule has 1 aliphatic heterocycles. The zero-order valence-corrected chi connectivity index (χ0v) is 23.4. The number of carbonyl (C=O) groups excluding carboxylic acids is 2. The van der Waals surface area contributed by atoms with Gasteiger partial charge in [-0.1, -0.05) is 12.8 Å². The Kier molecular flexibility index (Phi) is 7.84. The van der Waals surface area contributed by atoms with Gasteiger partial charge in [0, 0.05) is 29.3 Å². The van der Waals surface area contributed by atoms with Crippen molar-refractivity contribution < 1.29 is 49.7 Å². The van der Waals surface area contributed by atoms with E-state index in [1.54, 1.807) is 13.0 Å². The SMILES string of the molecule is Cc1cc(O)c2c(c1)C(=O)c1c(c(O[C@H]3O[C@H](CO)[C@@H](O)[C@H](O)[C@H]3O)cc3c(NC[C@H](O)C4CCCC4)nccc13)C2=O. The lowest BCUT2D eigenvalue weighted by Crippen LogP contribution is -2.60. The van der Waals surface area contributed by atoms with Gasteiger partial charge in [-0.25, -0.2) is 4.98 Å². The van der Waals surface area contributed by atoms with Gasteiger partial charge in [-0.3, -0.25) is 9.59 Å². The molecule has 0 spiro atoms. The molecule has 0 radical (unpaired) electrons. The average molecular weight is 595 g/mol. The van der Waals surface area contributed by atoms with Crippen LogP contribution in [0.3, 0.4) is 0 Å². The van der Waals surface area contributed by atoms with E-state index < -0.39 is 55.0 Å². The van der Waals surface area contributed by atoms with Crippen LogP contribution in [0.5, 0.6) is 11.5 Å². The predicted molar refractivity (Wildman–Crippen MR) is 152 cm³/mol. The first kappa shape index (κ1) is 29.4. The summed E-state index contributed by atoms with van der Waals surface area (Å²) < 4.78 is 11.5. The largest absolute Gasteiger partial charge is 0.507 e. The van der Waals surface area contributed by atoms with E-state index >= 15 is 0 Å². The Balaban J connectivity index is 1.49. The lowest BCUT2D eigenvalue weighted by atomic mass is 9.80. The molecule has 7 N–H and O–H groups in total. The second-order valence-corrected chi connectivity index (χ2v) is 11.6. The van der Waals surface area contributed by atoms with Crippen molar-refractivity contribution in [1.29, 1.82) is 0 Å². The molecule has 12 heteroatoms. The average Bonchev–Trinajstić information content (AvgIpc) is 3.53. The standard InChI is InChI=1S/C31H34N2O10/c1-13-8-17-22(18(35)9-13)27(39)24-20(42-31-29(41)28(40)26(38)21(12-34)43-31)10-16-15(23(24)25(17)37)6-7-32-30(16)33-11-19(36)14-4-2-3-5-14/h6-10,14,19,21,26,28-29,31,34-36,38,40-41H,2-5,11-12H2,1H3,(H,32,33)/t19-,21+,26+,28-,29+,31-/m0/s1. The normalized spacial score (nSPS) is 26.3. The van der Waals surface area contributed by atoms with Gasteiger partial charge < -0.3 is 45.4 Å². The molecule has 43 heavy (non-hydrogen) atoms. The number of ketones is 2. The van der Waals surface area contributed by atoms with Crippen molar-refractivity contribution in [3.05, 3.63) is 58.3 Å². The van der Waals surface area contributed by atoms with Gasteiger partial charge in [0.25, 0.3) is 0 Å². The molecule has 0 amide bonds. The topological polar surface area (TPSA) is 199 Å². The third kappa shape index (κ3) is 5.03. The first-order chi connectivity index (χ1) is 20.6. The van der Waals surface area contributed by atoms with Crippen LogP contribution in [-0.2, 0) is 4.74 Å². The van der Waals surface area contributed by atoms with E-state index in [0.717, 1.165) is 25.7 Å². The number of phenolic OH excluding ortho intramolecular Hbond substituents is 1. The molecule has 0 unspecified atom stereocenters. The minimum absolute atomic E-state index is 0.0126. The summed E-state index contributed by atoms with van der Waals surface area (Å²) in [6.07, 6.45) is -3.25. The molecular weight excluding hydrogens is 560 g/mol. The smallest absolute Gasteiger partial charge is 0.229 e. The summed E-state index contributed by atoms with van der Waals surface area (Å²) in [5.41, 5.74) is 0.187. The zero-order chi connectivity index (χ0) is 30.6. The van der Waals surface area contributed by atoms with E-state index in [1.165, 1.54) is 24.4 Å². The van der Waals surface area contributed by atoms with E-state index in [2.05, 4.69) is 10.3 Å². The van der Waals surface area contributed by atoms with Crippen LogP contribution >= 0.6 is 0 Å².